The van der Waals surface area contributed by atoms with Crippen LogP contribution in [-0.2, 0) is 6.42 Å². The molecule has 0 atom stereocenters. The summed E-state index contributed by atoms with van der Waals surface area (Å²) < 4.78 is 5.65. The molecule has 0 saturated carbocycles. The van der Waals surface area contributed by atoms with Crippen molar-refractivity contribution in [2.75, 3.05) is 0 Å². The van der Waals surface area contributed by atoms with E-state index in [1.165, 1.54) is 6.92 Å². The van der Waals surface area contributed by atoms with E-state index in [-0.39, 0.29) is 5.78 Å². The van der Waals surface area contributed by atoms with Gasteiger partial charge in [0.15, 0.2) is 5.78 Å². The average molecular weight is 286 g/mol. The molecule has 0 aliphatic heterocycles. The van der Waals surface area contributed by atoms with Crippen molar-refractivity contribution in [3.8, 4) is 17.6 Å². The second-order valence-corrected chi connectivity index (χ2v) is 4.69. The fourth-order valence-electron chi connectivity index (χ4n) is 1.70. The zero-order chi connectivity index (χ0) is 14.5. The zero-order valence-corrected chi connectivity index (χ0v) is 11.6. The molecule has 2 aromatic carbocycles. The molecular formula is C16H12ClNO2. The molecule has 0 radical (unpaired) electrons. The monoisotopic (exact) mass is 285 g/mol. The Morgan fingerprint density at radius 2 is 1.95 bits per heavy atom. The summed E-state index contributed by atoms with van der Waals surface area (Å²) in [7, 11) is 0. The average Bonchev–Trinajstić information content (AvgIpc) is 2.43. The minimum Gasteiger partial charge on any atom is -0.456 e. The number of hydrogen-bond acceptors (Lipinski definition) is 3. The fraction of sp³-hybridized carbons (Fsp3) is 0.125. The van der Waals surface area contributed by atoms with Crippen molar-refractivity contribution in [3.05, 3.63) is 58.6 Å². The summed E-state index contributed by atoms with van der Waals surface area (Å²) in [6.45, 7) is 1.49. The minimum absolute atomic E-state index is 0.0423. The minimum atomic E-state index is -0.0423. The van der Waals surface area contributed by atoms with Crippen molar-refractivity contribution in [3.63, 3.8) is 0 Å². The van der Waals surface area contributed by atoms with Gasteiger partial charge < -0.3 is 4.74 Å². The first-order chi connectivity index (χ1) is 9.60. The molecule has 0 saturated heterocycles. The van der Waals surface area contributed by atoms with Gasteiger partial charge in [-0.25, -0.2) is 0 Å². The molecule has 4 heteroatoms. The molecule has 0 aromatic heterocycles. The van der Waals surface area contributed by atoms with Crippen molar-refractivity contribution >= 4 is 17.4 Å². The summed E-state index contributed by atoms with van der Waals surface area (Å²) in [4.78, 5) is 11.2. The number of Topliss-reactive ketones (excluding diaryl/α,β-unsaturated/α-hetero) is 1. The number of nitrogens with zero attached hydrogens (tertiary/aromatic N) is 1. The molecular weight excluding hydrogens is 274 g/mol. The maximum Gasteiger partial charge on any atom is 0.159 e. The van der Waals surface area contributed by atoms with E-state index in [9.17, 15) is 4.79 Å². The van der Waals surface area contributed by atoms with Crippen LogP contribution < -0.4 is 4.74 Å². The van der Waals surface area contributed by atoms with Gasteiger partial charge in [-0.2, -0.15) is 5.26 Å². The summed E-state index contributed by atoms with van der Waals surface area (Å²) in [6.07, 6.45) is 0.369. The number of ketones is 1. The van der Waals surface area contributed by atoms with E-state index in [1.54, 1.807) is 30.3 Å². The highest BCUT2D eigenvalue weighted by molar-refractivity contribution is 6.32. The van der Waals surface area contributed by atoms with Gasteiger partial charge in [-0.3, -0.25) is 4.79 Å². The maximum absolute atomic E-state index is 11.2. The van der Waals surface area contributed by atoms with E-state index in [0.29, 0.717) is 28.5 Å². The third kappa shape index (κ3) is 3.37. The predicted molar refractivity (Wildman–Crippen MR) is 77.3 cm³/mol. The van der Waals surface area contributed by atoms with Crippen molar-refractivity contribution in [1.82, 2.24) is 0 Å². The third-order valence-corrected chi connectivity index (χ3v) is 3.07. The first-order valence-corrected chi connectivity index (χ1v) is 6.42. The Bertz CT molecular complexity index is 672. The number of carbonyl (C=O) groups excluding carboxylic acids is 1. The van der Waals surface area contributed by atoms with Crippen LogP contribution in [0.2, 0.25) is 5.02 Å². The van der Waals surface area contributed by atoms with Gasteiger partial charge in [-0.1, -0.05) is 23.7 Å². The van der Waals surface area contributed by atoms with E-state index < -0.39 is 0 Å². The van der Waals surface area contributed by atoms with E-state index >= 15 is 0 Å². The van der Waals surface area contributed by atoms with Crippen LogP contribution in [0.15, 0.2) is 42.5 Å². The Hall–Kier alpha value is -2.31. The summed E-state index contributed by atoms with van der Waals surface area (Å²) in [5.41, 5.74) is 1.48. The van der Waals surface area contributed by atoms with Gasteiger partial charge in [-0.05, 0) is 42.8 Å². The van der Waals surface area contributed by atoms with Gasteiger partial charge in [0.1, 0.15) is 11.5 Å². The van der Waals surface area contributed by atoms with Crippen molar-refractivity contribution in [2.24, 2.45) is 0 Å². The number of ether oxygens (including phenoxy) is 1. The Morgan fingerprint density at radius 1 is 1.25 bits per heavy atom. The largest absolute Gasteiger partial charge is 0.456 e. The number of nitriles is 1. The Labute approximate surface area is 122 Å². The second-order valence-electron chi connectivity index (χ2n) is 4.28. The molecule has 0 aliphatic rings. The van der Waals surface area contributed by atoms with Gasteiger partial charge in [0.25, 0.3) is 0 Å². The number of benzene rings is 2. The first kappa shape index (κ1) is 14.1. The molecule has 2 aromatic rings. The summed E-state index contributed by atoms with van der Waals surface area (Å²) in [6, 6.07) is 14.2. The van der Waals surface area contributed by atoms with Crippen molar-refractivity contribution in [1.29, 1.82) is 5.26 Å². The van der Waals surface area contributed by atoms with E-state index in [1.807, 2.05) is 12.1 Å². The third-order valence-electron chi connectivity index (χ3n) is 2.77. The molecule has 0 unspecified atom stereocenters. The molecule has 0 aliphatic carbocycles. The first-order valence-electron chi connectivity index (χ1n) is 6.04. The van der Waals surface area contributed by atoms with E-state index in [4.69, 9.17) is 21.6 Å². The Morgan fingerprint density at radius 3 is 2.50 bits per heavy atom. The predicted octanol–water partition coefficient (Wildman–Crippen LogP) is 4.40. The molecule has 100 valence electrons. The van der Waals surface area contributed by atoms with Crippen LogP contribution in [-0.4, -0.2) is 5.78 Å². The molecule has 0 bridgehead atoms. The maximum atomic E-state index is 11.2. The van der Waals surface area contributed by atoms with Crippen LogP contribution in [0.3, 0.4) is 0 Å². The smallest absolute Gasteiger partial charge is 0.159 e. The SMILES string of the molecule is CC(=O)c1ccc(Oc2ccc(CC#N)cc2)c(Cl)c1. The molecule has 0 N–H and O–H groups in total. The lowest BCUT2D eigenvalue weighted by molar-refractivity contribution is 0.101. The molecule has 0 amide bonds. The lowest BCUT2D eigenvalue weighted by Crippen LogP contribution is -1.93. The quantitative estimate of drug-likeness (QED) is 0.782. The van der Waals surface area contributed by atoms with Crippen LogP contribution in [0.1, 0.15) is 22.8 Å². The van der Waals surface area contributed by atoms with Gasteiger partial charge in [0.05, 0.1) is 17.5 Å². The number of carbonyl (C=O) groups is 1. The van der Waals surface area contributed by atoms with Crippen molar-refractivity contribution < 1.29 is 9.53 Å². The Kier molecular flexibility index (Phi) is 4.39. The molecule has 20 heavy (non-hydrogen) atoms. The zero-order valence-electron chi connectivity index (χ0n) is 10.9. The second kappa shape index (κ2) is 6.23. The number of rotatable bonds is 4. The number of halogens is 1. The number of hydrogen-bond donors (Lipinski definition) is 0. The lowest BCUT2D eigenvalue weighted by Gasteiger charge is -2.08. The molecule has 3 nitrogen and oxygen atoms in total. The molecule has 0 spiro atoms. The van der Waals surface area contributed by atoms with Crippen LogP contribution in [0.5, 0.6) is 11.5 Å². The molecule has 0 heterocycles. The summed E-state index contributed by atoms with van der Waals surface area (Å²) in [5, 5.41) is 8.99. The standard InChI is InChI=1S/C16H12ClNO2/c1-11(19)13-4-7-16(15(17)10-13)20-14-5-2-12(3-6-14)8-9-18/h2-7,10H,8H2,1H3. The van der Waals surface area contributed by atoms with Crippen LogP contribution >= 0.6 is 11.6 Å². The topological polar surface area (TPSA) is 50.1 Å². The van der Waals surface area contributed by atoms with Gasteiger partial charge in [-0.15, -0.1) is 0 Å². The van der Waals surface area contributed by atoms with E-state index in [2.05, 4.69) is 6.07 Å². The molecule has 2 rings (SSSR count). The summed E-state index contributed by atoms with van der Waals surface area (Å²) >= 11 is 6.08. The highest BCUT2D eigenvalue weighted by Crippen LogP contribution is 2.30. The van der Waals surface area contributed by atoms with Crippen LogP contribution in [0, 0.1) is 11.3 Å². The normalized spacial score (nSPS) is 9.85. The molecule has 0 fully saturated rings. The summed E-state index contributed by atoms with van der Waals surface area (Å²) in [5.74, 6) is 1.08. The van der Waals surface area contributed by atoms with Crippen LogP contribution in [0.25, 0.3) is 0 Å². The van der Waals surface area contributed by atoms with Gasteiger partial charge in [0, 0.05) is 5.56 Å². The highest BCUT2D eigenvalue weighted by Gasteiger charge is 2.07. The fourth-order valence-corrected chi connectivity index (χ4v) is 1.92. The van der Waals surface area contributed by atoms with Crippen LogP contribution in [0.4, 0.5) is 0 Å². The lowest BCUT2D eigenvalue weighted by atomic mass is 10.1. The van der Waals surface area contributed by atoms with Gasteiger partial charge >= 0.3 is 0 Å². The highest BCUT2D eigenvalue weighted by atomic mass is 35.5. The van der Waals surface area contributed by atoms with E-state index in [0.717, 1.165) is 5.56 Å². The van der Waals surface area contributed by atoms with Crippen molar-refractivity contribution in [2.45, 2.75) is 13.3 Å². The van der Waals surface area contributed by atoms with Gasteiger partial charge in [0.2, 0.25) is 0 Å². The Balaban J connectivity index is 2.17.